The summed E-state index contributed by atoms with van der Waals surface area (Å²) in [6.45, 7) is 0. The quantitative estimate of drug-likeness (QED) is 0.470. The fourth-order valence-electron chi connectivity index (χ4n) is 0.105. The van der Waals surface area contributed by atoms with E-state index in [9.17, 15) is 9.59 Å². The highest BCUT2D eigenvalue weighted by Crippen LogP contribution is 2.17. The molecule has 8 heavy (non-hydrogen) atoms. The molecule has 0 atom stereocenters. The van der Waals surface area contributed by atoms with Crippen LogP contribution in [0.5, 0.6) is 0 Å². The Kier molecular flexibility index (Phi) is 4.89. The fraction of sp³-hybridized carbons (Fsp3) is 0.333. The molecule has 1 N–H and O–H groups in total. The van der Waals surface area contributed by atoms with E-state index in [2.05, 4.69) is 5.32 Å². The minimum absolute atomic E-state index is 0.206. The molecule has 0 aromatic heterocycles. The molecule has 0 radical (unpaired) electrons. The first-order valence-electron chi connectivity index (χ1n) is 1.80. The first-order valence-corrected chi connectivity index (χ1v) is 4.01. The van der Waals surface area contributed by atoms with E-state index in [-0.39, 0.29) is 5.24 Å². The first kappa shape index (κ1) is 7.84. The average Bonchev–Trinajstić information content (AvgIpc) is 1.83. The maximum atomic E-state index is 10.2. The molecular formula is C3H5NO2S2. The molecule has 0 fully saturated rings. The van der Waals surface area contributed by atoms with Gasteiger partial charge in [0.1, 0.15) is 0 Å². The third-order valence-electron chi connectivity index (χ3n) is 0.367. The zero-order valence-electron chi connectivity index (χ0n) is 4.21. The highest BCUT2D eigenvalue weighted by molar-refractivity contribution is 8.86. The maximum Gasteiger partial charge on any atom is 0.289 e. The molecule has 0 saturated carbocycles. The second-order valence-corrected chi connectivity index (χ2v) is 2.81. The molecule has 0 aliphatic heterocycles. The second kappa shape index (κ2) is 4.99. The monoisotopic (exact) mass is 151 g/mol. The van der Waals surface area contributed by atoms with Gasteiger partial charge in [0.05, 0.1) is 0 Å². The van der Waals surface area contributed by atoms with Gasteiger partial charge in [-0.3, -0.25) is 9.59 Å². The summed E-state index contributed by atoms with van der Waals surface area (Å²) in [6.07, 6.45) is 0. The topological polar surface area (TPSA) is 46.2 Å². The van der Waals surface area contributed by atoms with Crippen molar-refractivity contribution in [2.45, 2.75) is 0 Å². The summed E-state index contributed by atoms with van der Waals surface area (Å²) in [7, 11) is 3.25. The van der Waals surface area contributed by atoms with Crippen LogP contribution in [-0.2, 0) is 4.79 Å². The Morgan fingerprint density at radius 2 is 2.38 bits per heavy atom. The predicted molar refractivity (Wildman–Crippen MR) is 36.4 cm³/mol. The van der Waals surface area contributed by atoms with Crippen LogP contribution in [0.2, 0.25) is 0 Å². The van der Waals surface area contributed by atoms with E-state index in [0.717, 1.165) is 21.6 Å². The number of carbonyl (C=O) groups is 2. The van der Waals surface area contributed by atoms with Gasteiger partial charge in [-0.2, -0.15) is 0 Å². The Hall–Kier alpha value is -0.160. The van der Waals surface area contributed by atoms with Crippen molar-refractivity contribution in [1.29, 1.82) is 0 Å². The molecule has 3 nitrogen and oxygen atoms in total. The lowest BCUT2D eigenvalue weighted by atomic mass is 11.2. The number of carbonyl (C=O) groups excluding carboxylic acids is 2. The van der Waals surface area contributed by atoms with E-state index in [1.54, 1.807) is 0 Å². The normalized spacial score (nSPS) is 8.12. The number of hydrogen-bond donors (Lipinski definition) is 1. The van der Waals surface area contributed by atoms with Gasteiger partial charge in [-0.15, -0.1) is 0 Å². The average molecular weight is 151 g/mol. The second-order valence-electron chi connectivity index (χ2n) is 0.813. The standard InChI is InChI=1S/C3H5NO2S2/c1-4-3(6)8-7-2-5/h2H,1H3,(H,4,6). The molecule has 0 aromatic rings. The third-order valence-corrected chi connectivity index (χ3v) is 1.88. The van der Waals surface area contributed by atoms with Gasteiger partial charge in [-0.05, 0) is 10.8 Å². The lowest BCUT2D eigenvalue weighted by molar-refractivity contribution is 0.262. The Bertz CT molecular complexity index is 95.3. The van der Waals surface area contributed by atoms with Crippen molar-refractivity contribution in [3.8, 4) is 0 Å². The highest BCUT2D eigenvalue weighted by atomic mass is 33.1. The van der Waals surface area contributed by atoms with Crippen molar-refractivity contribution < 1.29 is 9.59 Å². The summed E-state index contributed by atoms with van der Waals surface area (Å²) in [5.41, 5.74) is 0.611. The largest absolute Gasteiger partial charge is 0.349 e. The number of hydrogen-bond acceptors (Lipinski definition) is 4. The van der Waals surface area contributed by atoms with Gasteiger partial charge >= 0.3 is 0 Å². The van der Waals surface area contributed by atoms with Crippen molar-refractivity contribution in [1.82, 2.24) is 5.32 Å². The van der Waals surface area contributed by atoms with E-state index in [4.69, 9.17) is 0 Å². The van der Waals surface area contributed by atoms with Gasteiger partial charge < -0.3 is 5.32 Å². The van der Waals surface area contributed by atoms with E-state index in [1.165, 1.54) is 7.05 Å². The minimum atomic E-state index is -0.206. The molecule has 0 bridgehead atoms. The van der Waals surface area contributed by atoms with E-state index < -0.39 is 0 Å². The van der Waals surface area contributed by atoms with Crippen LogP contribution >= 0.6 is 21.6 Å². The van der Waals surface area contributed by atoms with E-state index in [0.29, 0.717) is 5.62 Å². The third kappa shape index (κ3) is 4.01. The van der Waals surface area contributed by atoms with E-state index in [1.807, 2.05) is 0 Å². The molecule has 0 rings (SSSR count). The number of amides is 1. The molecule has 0 heterocycles. The van der Waals surface area contributed by atoms with Crippen molar-refractivity contribution in [3.05, 3.63) is 0 Å². The van der Waals surface area contributed by atoms with Gasteiger partial charge in [0, 0.05) is 17.8 Å². The molecule has 0 saturated heterocycles. The van der Waals surface area contributed by atoms with Gasteiger partial charge in [-0.1, -0.05) is 0 Å². The van der Waals surface area contributed by atoms with Gasteiger partial charge in [-0.25, -0.2) is 0 Å². The van der Waals surface area contributed by atoms with Crippen LogP contribution in [0.15, 0.2) is 0 Å². The smallest absolute Gasteiger partial charge is 0.289 e. The van der Waals surface area contributed by atoms with Crippen LogP contribution in [-0.4, -0.2) is 17.9 Å². The zero-order valence-corrected chi connectivity index (χ0v) is 5.84. The van der Waals surface area contributed by atoms with Gasteiger partial charge in [0.25, 0.3) is 5.24 Å². The van der Waals surface area contributed by atoms with Crippen LogP contribution < -0.4 is 5.32 Å². The molecule has 1 amide bonds. The maximum absolute atomic E-state index is 10.2. The number of rotatable bonds is 2. The Labute approximate surface area is 55.0 Å². The van der Waals surface area contributed by atoms with Crippen molar-refractivity contribution in [2.24, 2.45) is 0 Å². The van der Waals surface area contributed by atoms with E-state index >= 15 is 0 Å². The highest BCUT2D eigenvalue weighted by Gasteiger charge is 1.94. The summed E-state index contributed by atoms with van der Waals surface area (Å²) in [5, 5.41) is 2.14. The summed E-state index contributed by atoms with van der Waals surface area (Å²) in [4.78, 5) is 19.8. The Morgan fingerprint density at radius 3 is 2.75 bits per heavy atom. The van der Waals surface area contributed by atoms with Crippen LogP contribution in [0.25, 0.3) is 0 Å². The predicted octanol–water partition coefficient (Wildman–Crippen LogP) is 0.897. The minimum Gasteiger partial charge on any atom is -0.349 e. The summed E-state index contributed by atoms with van der Waals surface area (Å²) in [5.74, 6) is 0. The van der Waals surface area contributed by atoms with Crippen molar-refractivity contribution in [2.75, 3.05) is 7.05 Å². The number of nitrogens with one attached hydrogen (secondary N) is 1. The van der Waals surface area contributed by atoms with Crippen molar-refractivity contribution >= 4 is 32.4 Å². The van der Waals surface area contributed by atoms with Crippen LogP contribution in [0.4, 0.5) is 4.79 Å². The van der Waals surface area contributed by atoms with Crippen LogP contribution in [0.1, 0.15) is 0 Å². The summed E-state index contributed by atoms with van der Waals surface area (Å²) in [6, 6.07) is 0. The molecule has 46 valence electrons. The van der Waals surface area contributed by atoms with Crippen molar-refractivity contribution in [3.63, 3.8) is 0 Å². The molecule has 5 heteroatoms. The first-order chi connectivity index (χ1) is 3.81. The van der Waals surface area contributed by atoms with Gasteiger partial charge in [0.2, 0.25) is 0 Å². The molecule has 0 aliphatic carbocycles. The van der Waals surface area contributed by atoms with Gasteiger partial charge in [0.15, 0.2) is 5.62 Å². The summed E-state index contributed by atoms with van der Waals surface area (Å²) >= 11 is 0. The Morgan fingerprint density at radius 1 is 1.75 bits per heavy atom. The molecule has 0 spiro atoms. The molecule has 0 aliphatic rings. The zero-order chi connectivity index (χ0) is 6.41. The fourth-order valence-corrected chi connectivity index (χ4v) is 0.945. The lowest BCUT2D eigenvalue weighted by Gasteiger charge is -1.89. The molecular weight excluding hydrogens is 146 g/mol. The SMILES string of the molecule is CNC(=O)SSC=O. The molecule has 0 aromatic carbocycles. The summed E-state index contributed by atoms with van der Waals surface area (Å²) < 4.78 is 0. The van der Waals surface area contributed by atoms with Crippen LogP contribution in [0, 0.1) is 0 Å². The van der Waals surface area contributed by atoms with Crippen LogP contribution in [0.3, 0.4) is 0 Å². The Balaban J connectivity index is 3.11. The lowest BCUT2D eigenvalue weighted by Crippen LogP contribution is -2.09. The molecule has 0 unspecified atom stereocenters.